The minimum absolute atomic E-state index is 0.0462. The van der Waals surface area contributed by atoms with E-state index in [-0.39, 0.29) is 43.3 Å². The van der Waals surface area contributed by atoms with Crippen LogP contribution in [0.15, 0.2) is 0 Å². The lowest BCUT2D eigenvalue weighted by molar-refractivity contribution is -0.207. The molecule has 0 saturated carbocycles. The van der Waals surface area contributed by atoms with Crippen molar-refractivity contribution in [1.82, 2.24) is 0 Å². The van der Waals surface area contributed by atoms with Crippen molar-refractivity contribution in [2.24, 2.45) is 54.1 Å². The average Bonchev–Trinajstić information content (AvgIpc) is 3.34. The van der Waals surface area contributed by atoms with E-state index in [2.05, 4.69) is 55.4 Å². The molecule has 0 N–H and O–H groups in total. The first-order chi connectivity index (χ1) is 37.3. The molecule has 8 heterocycles. The van der Waals surface area contributed by atoms with Crippen molar-refractivity contribution >= 4 is 0 Å². The van der Waals surface area contributed by atoms with Crippen molar-refractivity contribution in [2.45, 2.75) is 107 Å². The number of hydrogen-bond donors (Lipinski definition) is 0. The zero-order valence-corrected chi connectivity index (χ0v) is 49.6. The van der Waals surface area contributed by atoms with Gasteiger partial charge in [0.15, 0.2) is 0 Å². The van der Waals surface area contributed by atoms with Crippen molar-refractivity contribution in [3.8, 4) is 0 Å². The number of rotatable bonds is 43. The first-order valence-electron chi connectivity index (χ1n) is 30.1. The van der Waals surface area contributed by atoms with Crippen molar-refractivity contribution in [1.29, 1.82) is 0 Å². The predicted octanol–water partition coefficient (Wildman–Crippen LogP) is 7.51. The van der Waals surface area contributed by atoms with Crippen LogP contribution in [-0.2, 0) is 80.5 Å². The molecular weight excluding hydrogens is 993 g/mol. The fourth-order valence-electron chi connectivity index (χ4n) is 10.8. The highest BCUT2D eigenvalue weighted by Gasteiger charge is 2.47. The maximum absolute atomic E-state index is 7.03. The van der Waals surface area contributed by atoms with Crippen LogP contribution in [0.5, 0.6) is 0 Å². The van der Waals surface area contributed by atoms with E-state index in [1.807, 2.05) is 0 Å². The van der Waals surface area contributed by atoms with E-state index < -0.39 is 10.8 Å². The summed E-state index contributed by atoms with van der Waals surface area (Å²) in [6, 6.07) is 0. The average molecular weight is 1100 g/mol. The van der Waals surface area contributed by atoms with E-state index in [9.17, 15) is 0 Å². The second kappa shape index (κ2) is 29.7. The predicted molar refractivity (Wildman–Crippen MR) is 291 cm³/mol. The van der Waals surface area contributed by atoms with Gasteiger partial charge in [0.05, 0.1) is 235 Å². The Bertz CT molecular complexity index is 1350. The highest BCUT2D eigenvalue weighted by atomic mass is 16.6. The second-order valence-electron chi connectivity index (χ2n) is 26.3. The van der Waals surface area contributed by atoms with Gasteiger partial charge in [0.2, 0.25) is 0 Å². The standard InChI is InChI=1S/C46H82O13.C14H26O4/c1-7-39(13-47-14-39)25-53-31-45(32-54-26-40(8-2)15-48-16-40,33-55-27-41(9-3)17-49-18-41)37-59-38-46(34-56-28-42(10-4)19-50-20-42,35-57-29-43(11-5)21-51-22-43)36-58-30-44(12-6)23-52-24-44;1-3-13(9-17-10-13)7-15-5-6-16-8-14(4-2)11-18-12-14/h7-38H2,1-6H3;3-12H2,1-2H3. The molecule has 8 fully saturated rings. The molecule has 0 aromatic heterocycles. The molecular formula is C60H108O17. The molecule has 17 nitrogen and oxygen atoms in total. The summed E-state index contributed by atoms with van der Waals surface area (Å²) in [5.74, 6) is 0. The highest BCUT2D eigenvalue weighted by molar-refractivity contribution is 4.93. The Hall–Kier alpha value is -0.680. The van der Waals surface area contributed by atoms with Crippen molar-refractivity contribution in [2.75, 3.05) is 225 Å². The van der Waals surface area contributed by atoms with Gasteiger partial charge in [-0.1, -0.05) is 55.4 Å². The van der Waals surface area contributed by atoms with E-state index in [0.717, 1.165) is 170 Å². The lowest BCUT2D eigenvalue weighted by atomic mass is 9.83. The van der Waals surface area contributed by atoms with Crippen LogP contribution in [0.1, 0.15) is 107 Å². The van der Waals surface area contributed by atoms with Gasteiger partial charge in [0, 0.05) is 43.3 Å². The van der Waals surface area contributed by atoms with Crippen LogP contribution in [0.2, 0.25) is 0 Å². The van der Waals surface area contributed by atoms with Gasteiger partial charge in [0.1, 0.15) is 0 Å². The van der Waals surface area contributed by atoms with Gasteiger partial charge in [0.25, 0.3) is 0 Å². The molecule has 0 radical (unpaired) electrons. The van der Waals surface area contributed by atoms with Crippen LogP contribution in [0.25, 0.3) is 0 Å². The van der Waals surface area contributed by atoms with Crippen molar-refractivity contribution < 1.29 is 80.5 Å². The van der Waals surface area contributed by atoms with Crippen LogP contribution in [0.3, 0.4) is 0 Å². The summed E-state index contributed by atoms with van der Waals surface area (Å²) in [5, 5.41) is 0. The largest absolute Gasteiger partial charge is 0.380 e. The van der Waals surface area contributed by atoms with Gasteiger partial charge >= 0.3 is 0 Å². The van der Waals surface area contributed by atoms with Crippen LogP contribution in [-0.4, -0.2) is 225 Å². The Kier molecular flexibility index (Phi) is 24.7. The van der Waals surface area contributed by atoms with Crippen LogP contribution >= 0.6 is 0 Å². The monoisotopic (exact) mass is 1100 g/mol. The van der Waals surface area contributed by atoms with E-state index in [0.29, 0.717) is 106 Å². The Balaban J connectivity index is 0.000000402. The summed E-state index contributed by atoms with van der Waals surface area (Å²) in [5.41, 5.74) is -0.306. The summed E-state index contributed by atoms with van der Waals surface area (Å²) in [7, 11) is 0. The molecule has 8 aliphatic heterocycles. The maximum atomic E-state index is 7.03. The normalized spacial score (nSPS) is 24.5. The SMILES string of the molecule is CCC1(COCC(COCC2(CC)COC2)(COCC2(CC)COC2)COCC(COCC2(CC)COC2)(COCC2(CC)COC2)COCC2(CC)COC2)COC1.CCC1(COCCOCC2(CC)COC2)COC1. The molecule has 8 saturated heterocycles. The molecule has 0 aliphatic carbocycles. The lowest BCUT2D eigenvalue weighted by Crippen LogP contribution is -2.52. The molecule has 450 valence electrons. The topological polar surface area (TPSA) is 157 Å². The Morgan fingerprint density at radius 1 is 0.221 bits per heavy atom. The third kappa shape index (κ3) is 17.0. The Morgan fingerprint density at radius 2 is 0.364 bits per heavy atom. The summed E-state index contributed by atoms with van der Waals surface area (Å²) < 4.78 is 103. The number of hydrogen-bond acceptors (Lipinski definition) is 17. The van der Waals surface area contributed by atoms with Crippen LogP contribution in [0.4, 0.5) is 0 Å². The van der Waals surface area contributed by atoms with Crippen molar-refractivity contribution in [3.63, 3.8) is 0 Å². The molecule has 77 heavy (non-hydrogen) atoms. The quantitative estimate of drug-likeness (QED) is 0.0553. The molecule has 0 unspecified atom stereocenters. The second-order valence-corrected chi connectivity index (χ2v) is 26.3. The van der Waals surface area contributed by atoms with E-state index in [1.54, 1.807) is 0 Å². The van der Waals surface area contributed by atoms with Crippen LogP contribution in [0, 0.1) is 54.1 Å². The minimum atomic E-state index is -0.576. The van der Waals surface area contributed by atoms with E-state index >= 15 is 0 Å². The minimum Gasteiger partial charge on any atom is -0.380 e. The lowest BCUT2D eigenvalue weighted by Gasteiger charge is -2.45. The Morgan fingerprint density at radius 3 is 0.494 bits per heavy atom. The smallest absolute Gasteiger partial charge is 0.0700 e. The molecule has 0 atom stereocenters. The summed E-state index contributed by atoms with van der Waals surface area (Å²) in [6.45, 7) is 39.9. The van der Waals surface area contributed by atoms with Gasteiger partial charge in [-0.3, -0.25) is 0 Å². The molecule has 0 spiro atoms. The first kappa shape index (κ1) is 63.9. The van der Waals surface area contributed by atoms with Crippen molar-refractivity contribution in [3.05, 3.63) is 0 Å². The van der Waals surface area contributed by atoms with Crippen LogP contribution < -0.4 is 0 Å². The molecule has 0 aromatic carbocycles. The molecule has 17 heteroatoms. The fourth-order valence-corrected chi connectivity index (χ4v) is 10.8. The maximum Gasteiger partial charge on any atom is 0.0700 e. The third-order valence-electron chi connectivity index (χ3n) is 19.4. The molecule has 0 amide bonds. The van der Waals surface area contributed by atoms with E-state index in [1.165, 1.54) is 0 Å². The summed E-state index contributed by atoms with van der Waals surface area (Å²) in [4.78, 5) is 0. The zero-order chi connectivity index (χ0) is 54.7. The molecule has 0 aromatic rings. The zero-order valence-electron chi connectivity index (χ0n) is 49.6. The van der Waals surface area contributed by atoms with Gasteiger partial charge in [-0.05, 0) is 51.4 Å². The van der Waals surface area contributed by atoms with Gasteiger partial charge in [-0.25, -0.2) is 0 Å². The van der Waals surface area contributed by atoms with Gasteiger partial charge in [-0.15, -0.1) is 0 Å². The summed E-state index contributed by atoms with van der Waals surface area (Å²) >= 11 is 0. The molecule has 8 aliphatic rings. The molecule has 8 rings (SSSR count). The van der Waals surface area contributed by atoms with Gasteiger partial charge in [-0.2, -0.15) is 0 Å². The number of ether oxygens (including phenoxy) is 17. The van der Waals surface area contributed by atoms with E-state index in [4.69, 9.17) is 80.5 Å². The fraction of sp³-hybridized carbons (Fsp3) is 1.00. The molecule has 0 bridgehead atoms. The summed E-state index contributed by atoms with van der Waals surface area (Å²) in [6.07, 6.45) is 8.30. The van der Waals surface area contributed by atoms with Gasteiger partial charge < -0.3 is 80.5 Å². The highest BCUT2D eigenvalue weighted by Crippen LogP contribution is 2.40. The first-order valence-corrected chi connectivity index (χ1v) is 30.1. The Labute approximate surface area is 464 Å². The third-order valence-corrected chi connectivity index (χ3v) is 19.4.